The van der Waals surface area contributed by atoms with Crippen LogP contribution in [0.3, 0.4) is 0 Å². The molecule has 0 bridgehead atoms. The molecule has 1 atom stereocenters. The molecule has 31 heavy (non-hydrogen) atoms. The van der Waals surface area contributed by atoms with Gasteiger partial charge in [0.2, 0.25) is 0 Å². The standard InChI is InChI=1S/C22H21ClN2O5S/c1-3-29-21(27)18-19(13-7-5-4-6-8-13)24-22(31)25-20(18)15-11-14(23)9-10-16(15)30-12-17(26)28-2/h4-11,20H,3,12H2,1-2H3,(H2,24,25,31)/t20-/m0/s1. The van der Waals surface area contributed by atoms with E-state index in [4.69, 9.17) is 33.3 Å². The number of rotatable bonds is 7. The highest BCUT2D eigenvalue weighted by Gasteiger charge is 2.35. The van der Waals surface area contributed by atoms with Crippen LogP contribution in [0.25, 0.3) is 5.70 Å². The van der Waals surface area contributed by atoms with Gasteiger partial charge in [-0.05, 0) is 42.9 Å². The lowest BCUT2D eigenvalue weighted by molar-refractivity contribution is -0.143. The molecule has 0 radical (unpaired) electrons. The van der Waals surface area contributed by atoms with Crippen molar-refractivity contribution >= 4 is 46.6 Å². The molecule has 2 aromatic carbocycles. The Kier molecular flexibility index (Phi) is 7.49. The van der Waals surface area contributed by atoms with Crippen LogP contribution in [-0.4, -0.2) is 37.4 Å². The molecular formula is C22H21ClN2O5S. The fourth-order valence-corrected chi connectivity index (χ4v) is 3.53. The van der Waals surface area contributed by atoms with Crippen LogP contribution in [0.4, 0.5) is 0 Å². The number of ether oxygens (including phenoxy) is 3. The van der Waals surface area contributed by atoms with Crippen molar-refractivity contribution in [3.05, 3.63) is 70.3 Å². The third-order valence-electron chi connectivity index (χ3n) is 4.49. The van der Waals surface area contributed by atoms with E-state index < -0.39 is 18.0 Å². The first-order valence-corrected chi connectivity index (χ1v) is 10.3. The molecule has 1 aliphatic heterocycles. The predicted molar refractivity (Wildman–Crippen MR) is 121 cm³/mol. The fraction of sp³-hybridized carbons (Fsp3) is 0.227. The number of thiocarbonyl (C=S) groups is 1. The summed E-state index contributed by atoms with van der Waals surface area (Å²) in [6.45, 7) is 1.63. The monoisotopic (exact) mass is 460 g/mol. The lowest BCUT2D eigenvalue weighted by atomic mass is 9.92. The van der Waals surface area contributed by atoms with E-state index in [2.05, 4.69) is 15.4 Å². The summed E-state index contributed by atoms with van der Waals surface area (Å²) in [4.78, 5) is 24.6. The summed E-state index contributed by atoms with van der Waals surface area (Å²) >= 11 is 11.7. The molecule has 7 nitrogen and oxygen atoms in total. The van der Waals surface area contributed by atoms with Gasteiger partial charge in [0.25, 0.3) is 0 Å². The number of esters is 2. The number of hydrogen-bond acceptors (Lipinski definition) is 6. The van der Waals surface area contributed by atoms with Crippen LogP contribution in [0.5, 0.6) is 5.75 Å². The third-order valence-corrected chi connectivity index (χ3v) is 4.94. The predicted octanol–water partition coefficient (Wildman–Crippen LogP) is 3.39. The molecule has 0 saturated heterocycles. The Morgan fingerprint density at radius 1 is 1.16 bits per heavy atom. The highest BCUT2D eigenvalue weighted by molar-refractivity contribution is 7.80. The minimum absolute atomic E-state index is 0.197. The van der Waals surface area contributed by atoms with Gasteiger partial charge in [0.1, 0.15) is 5.75 Å². The topological polar surface area (TPSA) is 85.9 Å². The van der Waals surface area contributed by atoms with E-state index in [0.717, 1.165) is 5.56 Å². The summed E-state index contributed by atoms with van der Waals surface area (Å²) < 4.78 is 15.6. The summed E-state index contributed by atoms with van der Waals surface area (Å²) in [5.41, 5.74) is 2.12. The largest absolute Gasteiger partial charge is 0.482 e. The second-order valence-corrected chi connectivity index (χ2v) is 7.30. The maximum atomic E-state index is 13.0. The van der Waals surface area contributed by atoms with Crippen LogP contribution in [0, 0.1) is 0 Å². The normalized spacial score (nSPS) is 15.6. The molecule has 1 heterocycles. The molecule has 0 amide bonds. The van der Waals surface area contributed by atoms with Gasteiger partial charge in [-0.1, -0.05) is 41.9 Å². The van der Waals surface area contributed by atoms with Gasteiger partial charge in [-0.3, -0.25) is 0 Å². The van der Waals surface area contributed by atoms with Crippen LogP contribution in [0.1, 0.15) is 24.1 Å². The minimum Gasteiger partial charge on any atom is -0.482 e. The van der Waals surface area contributed by atoms with Gasteiger partial charge in [-0.2, -0.15) is 0 Å². The zero-order chi connectivity index (χ0) is 22.4. The second kappa shape index (κ2) is 10.3. The summed E-state index contributed by atoms with van der Waals surface area (Å²) in [6.07, 6.45) is 0. The summed E-state index contributed by atoms with van der Waals surface area (Å²) in [5, 5.41) is 6.91. The van der Waals surface area contributed by atoms with E-state index in [1.807, 2.05) is 30.3 Å². The van der Waals surface area contributed by atoms with Crippen molar-refractivity contribution in [2.75, 3.05) is 20.3 Å². The van der Waals surface area contributed by atoms with Gasteiger partial charge in [0.15, 0.2) is 11.7 Å². The molecule has 0 saturated carbocycles. The number of nitrogens with one attached hydrogen (secondary N) is 2. The van der Waals surface area contributed by atoms with Crippen LogP contribution < -0.4 is 15.4 Å². The molecule has 0 aliphatic carbocycles. The van der Waals surface area contributed by atoms with Gasteiger partial charge in [0, 0.05) is 10.6 Å². The molecule has 2 aromatic rings. The van der Waals surface area contributed by atoms with Crippen LogP contribution in [0.15, 0.2) is 54.1 Å². The van der Waals surface area contributed by atoms with Crippen molar-refractivity contribution in [2.24, 2.45) is 0 Å². The Hall–Kier alpha value is -3.10. The Balaban J connectivity index is 2.16. The van der Waals surface area contributed by atoms with Crippen molar-refractivity contribution in [1.29, 1.82) is 0 Å². The number of carbonyl (C=O) groups excluding carboxylic acids is 2. The molecule has 3 rings (SSSR count). The molecule has 0 unspecified atom stereocenters. The molecule has 0 fully saturated rings. The first-order valence-electron chi connectivity index (χ1n) is 9.47. The molecule has 0 spiro atoms. The van der Waals surface area contributed by atoms with Gasteiger partial charge in [-0.25, -0.2) is 9.59 Å². The van der Waals surface area contributed by atoms with E-state index in [-0.39, 0.29) is 13.2 Å². The Morgan fingerprint density at radius 2 is 1.90 bits per heavy atom. The first-order chi connectivity index (χ1) is 14.9. The number of halogens is 1. The Bertz CT molecular complexity index is 1030. The highest BCUT2D eigenvalue weighted by atomic mass is 35.5. The summed E-state index contributed by atoms with van der Waals surface area (Å²) in [7, 11) is 1.27. The van der Waals surface area contributed by atoms with Gasteiger partial charge >= 0.3 is 11.9 Å². The smallest absolute Gasteiger partial charge is 0.343 e. The molecule has 1 aliphatic rings. The lowest BCUT2D eigenvalue weighted by Gasteiger charge is -2.32. The van der Waals surface area contributed by atoms with Gasteiger partial charge < -0.3 is 24.8 Å². The average molecular weight is 461 g/mol. The van der Waals surface area contributed by atoms with E-state index >= 15 is 0 Å². The van der Waals surface area contributed by atoms with Gasteiger partial charge in [-0.15, -0.1) is 0 Å². The maximum absolute atomic E-state index is 13.0. The summed E-state index contributed by atoms with van der Waals surface area (Å²) in [6, 6.07) is 13.5. The molecular weight excluding hydrogens is 440 g/mol. The SMILES string of the molecule is CCOC(=O)C1=C(c2ccccc2)NC(=S)N[C@H]1c1cc(Cl)ccc1OCC(=O)OC. The van der Waals surface area contributed by atoms with E-state index in [9.17, 15) is 9.59 Å². The van der Waals surface area contributed by atoms with Crippen LogP contribution in [-0.2, 0) is 19.1 Å². The summed E-state index contributed by atoms with van der Waals surface area (Å²) in [5.74, 6) is -0.709. The number of hydrogen-bond donors (Lipinski definition) is 2. The van der Waals surface area contributed by atoms with Crippen molar-refractivity contribution in [3.63, 3.8) is 0 Å². The quantitative estimate of drug-likeness (QED) is 0.480. The van der Waals surface area contributed by atoms with Crippen LogP contribution >= 0.6 is 23.8 Å². The van der Waals surface area contributed by atoms with Crippen LogP contribution in [0.2, 0.25) is 5.02 Å². The molecule has 2 N–H and O–H groups in total. The molecule has 0 aromatic heterocycles. The second-order valence-electron chi connectivity index (χ2n) is 6.45. The Labute approximate surface area is 190 Å². The number of methoxy groups -OCH3 is 1. The van der Waals surface area contributed by atoms with Gasteiger partial charge in [0.05, 0.1) is 31.0 Å². The van der Waals surface area contributed by atoms with Crippen molar-refractivity contribution < 1.29 is 23.8 Å². The van der Waals surface area contributed by atoms with Crippen molar-refractivity contribution in [3.8, 4) is 5.75 Å². The third kappa shape index (κ3) is 5.34. The zero-order valence-corrected chi connectivity index (χ0v) is 18.5. The number of carbonyl (C=O) groups is 2. The van der Waals surface area contributed by atoms with Crippen molar-refractivity contribution in [2.45, 2.75) is 13.0 Å². The highest BCUT2D eigenvalue weighted by Crippen LogP contribution is 2.37. The lowest BCUT2D eigenvalue weighted by Crippen LogP contribution is -2.45. The van der Waals surface area contributed by atoms with E-state index in [1.165, 1.54) is 7.11 Å². The zero-order valence-electron chi connectivity index (χ0n) is 16.9. The Morgan fingerprint density at radius 3 is 2.58 bits per heavy atom. The minimum atomic E-state index is -0.727. The maximum Gasteiger partial charge on any atom is 0.343 e. The van der Waals surface area contributed by atoms with E-state index in [1.54, 1.807) is 25.1 Å². The number of benzene rings is 2. The van der Waals surface area contributed by atoms with E-state index in [0.29, 0.717) is 32.7 Å². The van der Waals surface area contributed by atoms with Crippen molar-refractivity contribution in [1.82, 2.24) is 10.6 Å². The molecule has 162 valence electrons. The molecule has 9 heteroatoms. The first kappa shape index (κ1) is 22.6. The fourth-order valence-electron chi connectivity index (χ4n) is 3.13. The average Bonchev–Trinajstić information content (AvgIpc) is 2.78.